The molecule has 1 amide bonds. The molecular formula is C11H16BrNO2S. The highest BCUT2D eigenvalue weighted by Crippen LogP contribution is 2.21. The number of carbonyl (C=O) groups excluding carboxylic acids is 1. The quantitative estimate of drug-likeness (QED) is 0.830. The maximum Gasteiger partial charge on any atom is 0.410 e. The van der Waals surface area contributed by atoms with Gasteiger partial charge in [0.25, 0.3) is 0 Å². The van der Waals surface area contributed by atoms with Crippen LogP contribution in [0.2, 0.25) is 0 Å². The average molecular weight is 306 g/mol. The van der Waals surface area contributed by atoms with Crippen LogP contribution in [0.5, 0.6) is 0 Å². The molecule has 0 aliphatic rings. The van der Waals surface area contributed by atoms with Crippen LogP contribution >= 0.6 is 27.3 Å². The molecule has 0 radical (unpaired) electrons. The van der Waals surface area contributed by atoms with Gasteiger partial charge in [-0.1, -0.05) is 0 Å². The van der Waals surface area contributed by atoms with Crippen molar-refractivity contribution in [3.63, 3.8) is 0 Å². The van der Waals surface area contributed by atoms with E-state index in [-0.39, 0.29) is 6.09 Å². The van der Waals surface area contributed by atoms with Gasteiger partial charge in [-0.2, -0.15) is 0 Å². The molecule has 1 aromatic heterocycles. The SMILES string of the molecule is CN(Cc1csc(Br)c1)C(=O)OC(C)(C)C. The number of carbonyl (C=O) groups is 1. The Hall–Kier alpha value is -0.550. The molecule has 90 valence electrons. The van der Waals surface area contributed by atoms with E-state index in [9.17, 15) is 4.79 Å². The van der Waals surface area contributed by atoms with E-state index >= 15 is 0 Å². The van der Waals surface area contributed by atoms with Gasteiger partial charge in [0.05, 0.1) is 3.79 Å². The van der Waals surface area contributed by atoms with Crippen LogP contribution in [-0.4, -0.2) is 23.6 Å². The molecule has 0 fully saturated rings. The maximum absolute atomic E-state index is 11.7. The van der Waals surface area contributed by atoms with E-state index in [0.29, 0.717) is 6.54 Å². The predicted octanol–water partition coefficient (Wildman–Crippen LogP) is 3.88. The number of nitrogens with zero attached hydrogens (tertiary/aromatic N) is 1. The summed E-state index contributed by atoms with van der Waals surface area (Å²) < 4.78 is 6.33. The highest BCUT2D eigenvalue weighted by atomic mass is 79.9. The Bertz CT molecular complexity index is 370. The van der Waals surface area contributed by atoms with Gasteiger partial charge in [0.1, 0.15) is 5.60 Å². The monoisotopic (exact) mass is 305 g/mol. The predicted molar refractivity (Wildman–Crippen MR) is 69.7 cm³/mol. The molecule has 1 rings (SSSR count). The summed E-state index contributed by atoms with van der Waals surface area (Å²) in [5, 5.41) is 2.02. The fourth-order valence-electron chi connectivity index (χ4n) is 1.11. The molecule has 0 spiro atoms. The Balaban J connectivity index is 2.52. The first-order chi connectivity index (χ1) is 7.28. The molecular weight excluding hydrogens is 290 g/mol. The molecule has 5 heteroatoms. The van der Waals surface area contributed by atoms with Gasteiger partial charge in [-0.15, -0.1) is 11.3 Å². The van der Waals surface area contributed by atoms with E-state index in [4.69, 9.17) is 4.74 Å². The first kappa shape index (κ1) is 13.5. The molecule has 0 unspecified atom stereocenters. The van der Waals surface area contributed by atoms with Crippen LogP contribution in [0.3, 0.4) is 0 Å². The molecule has 0 N–H and O–H groups in total. The van der Waals surface area contributed by atoms with Crippen molar-refractivity contribution in [2.75, 3.05) is 7.05 Å². The van der Waals surface area contributed by atoms with Gasteiger partial charge in [0, 0.05) is 13.6 Å². The second-order valence-electron chi connectivity index (χ2n) is 4.60. The third-order valence-electron chi connectivity index (χ3n) is 1.75. The Morgan fingerprint density at radius 1 is 1.56 bits per heavy atom. The van der Waals surface area contributed by atoms with E-state index in [1.54, 1.807) is 23.3 Å². The molecule has 0 aromatic carbocycles. The molecule has 0 atom stereocenters. The lowest BCUT2D eigenvalue weighted by atomic mass is 10.2. The summed E-state index contributed by atoms with van der Waals surface area (Å²) in [5.41, 5.74) is 0.658. The van der Waals surface area contributed by atoms with Gasteiger partial charge in [-0.25, -0.2) is 4.79 Å². The van der Waals surface area contributed by atoms with Gasteiger partial charge in [-0.05, 0) is 53.7 Å². The molecule has 0 bridgehead atoms. The van der Waals surface area contributed by atoms with Gasteiger partial charge in [0.15, 0.2) is 0 Å². The van der Waals surface area contributed by atoms with Gasteiger partial charge in [-0.3, -0.25) is 0 Å². The van der Waals surface area contributed by atoms with Crippen molar-refractivity contribution >= 4 is 33.4 Å². The Kier molecular flexibility index (Phi) is 4.38. The van der Waals surface area contributed by atoms with E-state index < -0.39 is 5.60 Å². The second kappa shape index (κ2) is 5.19. The number of ether oxygens (including phenoxy) is 1. The van der Waals surface area contributed by atoms with Gasteiger partial charge in [0.2, 0.25) is 0 Å². The Labute approximate surface area is 109 Å². The first-order valence-corrected chi connectivity index (χ1v) is 6.62. The zero-order valence-electron chi connectivity index (χ0n) is 9.91. The summed E-state index contributed by atoms with van der Waals surface area (Å²) in [6.45, 7) is 6.15. The van der Waals surface area contributed by atoms with Crippen LogP contribution in [0.1, 0.15) is 26.3 Å². The molecule has 16 heavy (non-hydrogen) atoms. The lowest BCUT2D eigenvalue weighted by Crippen LogP contribution is -2.33. The summed E-state index contributed by atoms with van der Waals surface area (Å²) in [6, 6.07) is 2.01. The van der Waals surface area contributed by atoms with Crippen LogP contribution in [0, 0.1) is 0 Å². The van der Waals surface area contributed by atoms with Crippen molar-refractivity contribution in [3.05, 3.63) is 20.8 Å². The minimum Gasteiger partial charge on any atom is -0.444 e. The van der Waals surface area contributed by atoms with Crippen molar-refractivity contribution < 1.29 is 9.53 Å². The Morgan fingerprint density at radius 2 is 2.19 bits per heavy atom. The van der Waals surface area contributed by atoms with Gasteiger partial charge >= 0.3 is 6.09 Å². The summed E-state index contributed by atoms with van der Waals surface area (Å²) >= 11 is 5.00. The fourth-order valence-corrected chi connectivity index (χ4v) is 2.31. The molecule has 1 heterocycles. The standard InChI is InChI=1S/C11H16BrNO2S/c1-11(2,3)15-10(14)13(4)6-8-5-9(12)16-7-8/h5,7H,6H2,1-4H3. The summed E-state index contributed by atoms with van der Waals surface area (Å²) in [5.74, 6) is 0. The molecule has 0 aliphatic heterocycles. The number of halogens is 1. The highest BCUT2D eigenvalue weighted by molar-refractivity contribution is 9.11. The van der Waals surface area contributed by atoms with Crippen molar-refractivity contribution in [1.29, 1.82) is 0 Å². The molecule has 0 saturated carbocycles. The first-order valence-electron chi connectivity index (χ1n) is 4.95. The lowest BCUT2D eigenvalue weighted by Gasteiger charge is -2.24. The Morgan fingerprint density at radius 3 is 2.62 bits per heavy atom. The van der Waals surface area contributed by atoms with Crippen LogP contribution in [0.4, 0.5) is 4.79 Å². The maximum atomic E-state index is 11.7. The van der Waals surface area contributed by atoms with Crippen LogP contribution in [0.25, 0.3) is 0 Å². The van der Waals surface area contributed by atoms with Crippen molar-refractivity contribution in [2.45, 2.75) is 32.9 Å². The van der Waals surface area contributed by atoms with E-state index in [0.717, 1.165) is 9.35 Å². The van der Waals surface area contributed by atoms with E-state index in [2.05, 4.69) is 15.9 Å². The number of thiophene rings is 1. The minimum atomic E-state index is -0.444. The normalized spacial score (nSPS) is 11.3. The van der Waals surface area contributed by atoms with E-state index in [1.165, 1.54) is 0 Å². The average Bonchev–Trinajstić information content (AvgIpc) is 2.48. The zero-order valence-corrected chi connectivity index (χ0v) is 12.3. The third kappa shape index (κ3) is 4.53. The molecule has 0 saturated heterocycles. The molecule has 0 aliphatic carbocycles. The topological polar surface area (TPSA) is 29.5 Å². The lowest BCUT2D eigenvalue weighted by molar-refractivity contribution is 0.0285. The van der Waals surface area contributed by atoms with Crippen LogP contribution in [-0.2, 0) is 11.3 Å². The van der Waals surface area contributed by atoms with Gasteiger partial charge < -0.3 is 9.64 Å². The van der Waals surface area contributed by atoms with Crippen LogP contribution < -0.4 is 0 Å². The summed E-state index contributed by atoms with van der Waals surface area (Å²) in [7, 11) is 1.74. The summed E-state index contributed by atoms with van der Waals surface area (Å²) in [6.07, 6.45) is -0.296. The number of hydrogen-bond donors (Lipinski definition) is 0. The molecule has 3 nitrogen and oxygen atoms in total. The third-order valence-corrected chi connectivity index (χ3v) is 3.30. The highest BCUT2D eigenvalue weighted by Gasteiger charge is 2.19. The largest absolute Gasteiger partial charge is 0.444 e. The minimum absolute atomic E-state index is 0.296. The van der Waals surface area contributed by atoms with Crippen LogP contribution in [0.15, 0.2) is 15.2 Å². The molecule has 1 aromatic rings. The number of hydrogen-bond acceptors (Lipinski definition) is 3. The smallest absolute Gasteiger partial charge is 0.410 e. The number of rotatable bonds is 2. The summed E-state index contributed by atoms with van der Waals surface area (Å²) in [4.78, 5) is 13.2. The van der Waals surface area contributed by atoms with E-state index in [1.807, 2.05) is 32.2 Å². The van der Waals surface area contributed by atoms with Crippen molar-refractivity contribution in [3.8, 4) is 0 Å². The van der Waals surface area contributed by atoms with Crippen molar-refractivity contribution in [1.82, 2.24) is 4.90 Å². The second-order valence-corrected chi connectivity index (χ2v) is 6.89. The van der Waals surface area contributed by atoms with Crippen molar-refractivity contribution in [2.24, 2.45) is 0 Å². The zero-order chi connectivity index (χ0) is 12.3. The number of amides is 1. The fraction of sp³-hybridized carbons (Fsp3) is 0.545.